The number of methoxy groups -OCH3 is 1. The lowest BCUT2D eigenvalue weighted by molar-refractivity contribution is -0.122. The van der Waals surface area contributed by atoms with E-state index in [4.69, 9.17) is 14.3 Å². The van der Waals surface area contributed by atoms with E-state index in [1.54, 1.807) is 13.2 Å². The fourth-order valence-electron chi connectivity index (χ4n) is 5.97. The predicted octanol–water partition coefficient (Wildman–Crippen LogP) is 7.92. The zero-order valence-corrected chi connectivity index (χ0v) is 25.1. The summed E-state index contributed by atoms with van der Waals surface area (Å²) >= 11 is 0. The van der Waals surface area contributed by atoms with Crippen LogP contribution in [-0.2, 0) is 27.4 Å². The third-order valence-corrected chi connectivity index (χ3v) is 8.18. The number of fused-ring (bicyclic) bond motifs is 3. The molecule has 0 bridgehead atoms. The Morgan fingerprint density at radius 3 is 2.56 bits per heavy atom. The first kappa shape index (κ1) is 28.2. The Morgan fingerprint density at radius 1 is 0.911 bits per heavy atom. The molecule has 0 atom stereocenters. The third-order valence-electron chi connectivity index (χ3n) is 8.18. The van der Waals surface area contributed by atoms with Crippen molar-refractivity contribution in [3.63, 3.8) is 0 Å². The Balaban J connectivity index is 1.21. The van der Waals surface area contributed by atoms with Gasteiger partial charge < -0.3 is 18.9 Å². The number of ether oxygens (including phenoxy) is 2. The number of carbonyl (C=O) groups excluding carboxylic acids is 1. The minimum absolute atomic E-state index is 0.118. The number of oxime groups is 1. The molecule has 1 saturated heterocycles. The summed E-state index contributed by atoms with van der Waals surface area (Å²) in [5.41, 5.74) is 6.39. The number of nitrogens with zero attached hydrogens (tertiary/aromatic N) is 3. The average Bonchev–Trinajstić information content (AvgIpc) is 3.57. The second kappa shape index (κ2) is 12.6. The van der Waals surface area contributed by atoms with Crippen LogP contribution in [0, 0.1) is 0 Å². The summed E-state index contributed by atoms with van der Waals surface area (Å²) in [6, 6.07) is 32.4. The van der Waals surface area contributed by atoms with Crippen LogP contribution < -0.4 is 4.74 Å². The number of hydrogen-bond acceptors (Lipinski definition) is 5. The Bertz CT molecular complexity index is 2000. The predicted molar refractivity (Wildman–Crippen MR) is 178 cm³/mol. The molecule has 0 N–H and O–H groups in total. The van der Waals surface area contributed by atoms with Crippen LogP contribution in [0.25, 0.3) is 33.6 Å². The standard InChI is InChI=1S/C38H33N3O4/c1-43-35-19-11-8-14-29(35)22-23-40-37(42)36(45-38(40)39-44-26-27-12-4-2-5-13-27)25-28-20-21-34-32(24-28)31-17-9-10-18-33(31)41(34)30-15-6-3-7-16-30/h2-6,8-15,17-21,24-25H,7,16,22-23,26H2,1H3/b36-25+,39-38?. The minimum atomic E-state index is -0.270. The van der Waals surface area contributed by atoms with Crippen LogP contribution in [-0.4, -0.2) is 35.1 Å². The molecule has 1 aliphatic heterocycles. The van der Waals surface area contributed by atoms with Gasteiger partial charge in [0, 0.05) is 23.0 Å². The molecular formula is C38H33N3O4. The highest BCUT2D eigenvalue weighted by molar-refractivity contribution is 6.13. The van der Waals surface area contributed by atoms with E-state index >= 15 is 0 Å². The summed E-state index contributed by atoms with van der Waals surface area (Å²) in [5.74, 6) is 0.695. The lowest BCUT2D eigenvalue weighted by Gasteiger charge is -2.14. The molecule has 7 heteroatoms. The van der Waals surface area contributed by atoms with Crippen LogP contribution in [0.2, 0.25) is 0 Å². The number of benzene rings is 4. The van der Waals surface area contributed by atoms with Gasteiger partial charge in [0.1, 0.15) is 12.4 Å². The SMILES string of the molecule is COc1ccccc1CCN1C(=O)/C(=C\c2ccc3c(c2)c2ccccc2n3C2=CC=CCC2)OC1=NOCc1ccccc1. The van der Waals surface area contributed by atoms with Gasteiger partial charge in [0.25, 0.3) is 5.91 Å². The van der Waals surface area contributed by atoms with E-state index in [-0.39, 0.29) is 24.3 Å². The average molecular weight is 596 g/mol. The van der Waals surface area contributed by atoms with E-state index in [2.05, 4.69) is 64.3 Å². The molecule has 224 valence electrons. The molecule has 0 spiro atoms. The van der Waals surface area contributed by atoms with Gasteiger partial charge in [-0.15, -0.1) is 0 Å². The summed E-state index contributed by atoms with van der Waals surface area (Å²) in [6.45, 7) is 0.606. The quantitative estimate of drug-likeness (QED) is 0.128. The Labute approximate surface area is 261 Å². The van der Waals surface area contributed by atoms with Crippen LogP contribution >= 0.6 is 0 Å². The maximum absolute atomic E-state index is 13.8. The summed E-state index contributed by atoms with van der Waals surface area (Å²) in [6.07, 6.45) is 10.9. The summed E-state index contributed by atoms with van der Waals surface area (Å²) in [7, 11) is 1.64. The third kappa shape index (κ3) is 5.72. The smallest absolute Gasteiger partial charge is 0.339 e. The van der Waals surface area contributed by atoms with Crippen LogP contribution in [0.5, 0.6) is 5.75 Å². The molecule has 4 aromatic carbocycles. The van der Waals surface area contributed by atoms with Gasteiger partial charge >= 0.3 is 6.02 Å². The summed E-state index contributed by atoms with van der Waals surface area (Å²) in [5, 5.41) is 6.54. The van der Waals surface area contributed by atoms with Crippen LogP contribution in [0.4, 0.5) is 0 Å². The summed E-state index contributed by atoms with van der Waals surface area (Å²) < 4.78 is 14.0. The first-order valence-corrected chi connectivity index (χ1v) is 15.2. The molecule has 2 heterocycles. The maximum Gasteiger partial charge on any atom is 0.339 e. The Kier molecular flexibility index (Phi) is 7.89. The van der Waals surface area contributed by atoms with Gasteiger partial charge in [-0.05, 0) is 77.5 Å². The van der Waals surface area contributed by atoms with Crippen LogP contribution in [0.1, 0.15) is 29.5 Å². The lowest BCUT2D eigenvalue weighted by Crippen LogP contribution is -2.32. The molecular weight excluding hydrogens is 562 g/mol. The number of amides is 1. The first-order valence-electron chi connectivity index (χ1n) is 15.2. The molecule has 1 fully saturated rings. The molecule has 5 aromatic rings. The number of aromatic nitrogens is 1. The molecule has 1 aromatic heterocycles. The van der Waals surface area contributed by atoms with Crippen molar-refractivity contribution < 1.29 is 19.1 Å². The van der Waals surface area contributed by atoms with Crippen molar-refractivity contribution in [2.75, 3.05) is 13.7 Å². The van der Waals surface area contributed by atoms with Gasteiger partial charge in [-0.2, -0.15) is 0 Å². The normalized spacial score (nSPS) is 16.5. The van der Waals surface area contributed by atoms with Crippen molar-refractivity contribution in [3.05, 3.63) is 138 Å². The lowest BCUT2D eigenvalue weighted by atomic mass is 10.1. The summed E-state index contributed by atoms with van der Waals surface area (Å²) in [4.78, 5) is 20.9. The van der Waals surface area contributed by atoms with Crippen LogP contribution in [0.3, 0.4) is 0 Å². The highest BCUT2D eigenvalue weighted by Crippen LogP contribution is 2.35. The van der Waals surface area contributed by atoms with Crippen LogP contribution in [0.15, 0.2) is 126 Å². The van der Waals surface area contributed by atoms with Crippen molar-refractivity contribution in [2.45, 2.75) is 25.9 Å². The van der Waals surface area contributed by atoms with E-state index in [9.17, 15) is 4.79 Å². The highest BCUT2D eigenvalue weighted by atomic mass is 16.7. The molecule has 7 nitrogen and oxygen atoms in total. The number of hydrogen-bond donors (Lipinski definition) is 0. The Morgan fingerprint density at radius 2 is 1.71 bits per heavy atom. The minimum Gasteiger partial charge on any atom is -0.496 e. The molecule has 0 saturated carbocycles. The first-order chi connectivity index (χ1) is 22.2. The van der Waals surface area contributed by atoms with E-state index in [0.29, 0.717) is 13.0 Å². The number of carbonyl (C=O) groups is 1. The van der Waals surface area contributed by atoms with Gasteiger partial charge in [0.2, 0.25) is 0 Å². The Hall–Kier alpha value is -5.56. The van der Waals surface area contributed by atoms with Gasteiger partial charge in [-0.3, -0.25) is 9.69 Å². The van der Waals surface area contributed by atoms with Gasteiger partial charge in [0.15, 0.2) is 5.76 Å². The van der Waals surface area contributed by atoms with Crippen molar-refractivity contribution in [1.82, 2.24) is 9.47 Å². The van der Waals surface area contributed by atoms with E-state index in [1.807, 2.05) is 60.7 Å². The molecule has 2 aliphatic rings. The molecule has 0 radical (unpaired) electrons. The number of amidine groups is 1. The van der Waals surface area contributed by atoms with Gasteiger partial charge in [-0.25, -0.2) is 0 Å². The van der Waals surface area contributed by atoms with E-state index in [0.717, 1.165) is 51.6 Å². The van der Waals surface area contributed by atoms with Crippen molar-refractivity contribution >= 4 is 45.5 Å². The second-order valence-corrected chi connectivity index (χ2v) is 11.0. The van der Waals surface area contributed by atoms with Gasteiger partial charge in [-0.1, -0.05) is 84.9 Å². The second-order valence-electron chi connectivity index (χ2n) is 11.0. The van der Waals surface area contributed by atoms with E-state index < -0.39 is 0 Å². The van der Waals surface area contributed by atoms with Crippen molar-refractivity contribution in [1.29, 1.82) is 0 Å². The largest absolute Gasteiger partial charge is 0.496 e. The monoisotopic (exact) mass is 595 g/mol. The zero-order valence-electron chi connectivity index (χ0n) is 25.1. The topological polar surface area (TPSA) is 65.3 Å². The molecule has 45 heavy (non-hydrogen) atoms. The molecule has 7 rings (SSSR count). The molecule has 0 unspecified atom stereocenters. The van der Waals surface area contributed by atoms with Gasteiger partial charge in [0.05, 0.1) is 18.1 Å². The highest BCUT2D eigenvalue weighted by Gasteiger charge is 2.35. The molecule has 1 amide bonds. The van der Waals surface area contributed by atoms with Crippen molar-refractivity contribution in [2.24, 2.45) is 5.16 Å². The number of rotatable bonds is 9. The molecule has 1 aliphatic carbocycles. The number of allylic oxidation sites excluding steroid dienone is 4. The maximum atomic E-state index is 13.8. The fourth-order valence-corrected chi connectivity index (χ4v) is 5.97. The van der Waals surface area contributed by atoms with E-state index in [1.165, 1.54) is 16.1 Å². The zero-order chi connectivity index (χ0) is 30.6. The fraction of sp³-hybridized carbons (Fsp3) is 0.158. The van der Waals surface area contributed by atoms with Crippen molar-refractivity contribution in [3.8, 4) is 5.75 Å². The number of para-hydroxylation sites is 2.